The van der Waals surface area contributed by atoms with Crippen LogP contribution in [0.1, 0.15) is 37.7 Å². The van der Waals surface area contributed by atoms with Crippen LogP contribution in [0, 0.1) is 6.92 Å². The minimum atomic E-state index is -3.74. The Kier molecular flexibility index (Phi) is 6.57. The number of hydrogen-bond donors (Lipinski definition) is 0. The minimum absolute atomic E-state index is 0.194. The van der Waals surface area contributed by atoms with E-state index in [9.17, 15) is 13.2 Å². The second kappa shape index (κ2) is 8.44. The Morgan fingerprint density at radius 2 is 1.79 bits per heavy atom. The molecule has 1 aliphatic rings. The van der Waals surface area contributed by atoms with E-state index >= 15 is 0 Å². The van der Waals surface area contributed by atoms with Gasteiger partial charge in [-0.15, -0.1) is 0 Å². The van der Waals surface area contributed by atoms with E-state index in [-0.39, 0.29) is 18.0 Å². The average molecular weight is 351 g/mol. The maximum Gasteiger partial charge on any atom is 0.321 e. The third-order valence-electron chi connectivity index (χ3n) is 4.27. The Balaban J connectivity index is 2.23. The van der Waals surface area contributed by atoms with Gasteiger partial charge in [-0.25, -0.2) is 8.42 Å². The molecule has 0 heterocycles. The first-order valence-electron chi connectivity index (χ1n) is 8.25. The van der Waals surface area contributed by atoms with Crippen molar-refractivity contribution in [2.45, 2.75) is 43.9 Å². The number of benzene rings is 1. The van der Waals surface area contributed by atoms with Crippen molar-refractivity contribution in [1.82, 2.24) is 4.31 Å². The molecule has 0 radical (unpaired) electrons. The van der Waals surface area contributed by atoms with Crippen molar-refractivity contribution >= 4 is 16.0 Å². The lowest BCUT2D eigenvalue weighted by atomic mass is 9.95. The highest BCUT2D eigenvalue weighted by molar-refractivity contribution is 7.89. The van der Waals surface area contributed by atoms with Gasteiger partial charge < -0.3 is 4.74 Å². The van der Waals surface area contributed by atoms with Crippen molar-refractivity contribution in [3.63, 3.8) is 0 Å². The molecule has 2 rings (SSSR count). The smallest absolute Gasteiger partial charge is 0.321 e. The lowest BCUT2D eigenvalue weighted by Crippen LogP contribution is -2.36. The molecule has 5 nitrogen and oxygen atoms in total. The molecule has 0 bridgehead atoms. The van der Waals surface area contributed by atoms with Crippen LogP contribution in [0.15, 0.2) is 40.8 Å². The van der Waals surface area contributed by atoms with Crippen LogP contribution in [0.4, 0.5) is 0 Å². The quantitative estimate of drug-likeness (QED) is 0.584. The highest BCUT2D eigenvalue weighted by Gasteiger charge is 2.26. The van der Waals surface area contributed by atoms with Crippen molar-refractivity contribution < 1.29 is 17.9 Å². The SMILES string of the molecule is COC(=O)CN(CC=C1CCCCC1)S(=O)(=O)c1ccc(C)cc1. The van der Waals surface area contributed by atoms with Crippen molar-refractivity contribution in [2.75, 3.05) is 20.2 Å². The molecule has 0 N–H and O–H groups in total. The zero-order valence-electron chi connectivity index (χ0n) is 14.3. The molecule has 1 aliphatic carbocycles. The molecule has 0 saturated heterocycles. The summed E-state index contributed by atoms with van der Waals surface area (Å²) in [6.45, 7) is 1.81. The maximum atomic E-state index is 12.9. The number of ether oxygens (including phenoxy) is 1. The Morgan fingerprint density at radius 1 is 1.17 bits per heavy atom. The first kappa shape index (κ1) is 18.7. The number of methoxy groups -OCH3 is 1. The predicted octanol–water partition coefficient (Wildman–Crippen LogP) is 3.05. The lowest BCUT2D eigenvalue weighted by Gasteiger charge is -2.21. The standard InChI is InChI=1S/C18H25NO4S/c1-15-8-10-17(11-9-15)24(21,22)19(14-18(20)23-2)13-12-16-6-4-3-5-7-16/h8-12H,3-7,13-14H2,1-2H3. The van der Waals surface area contributed by atoms with Crippen LogP contribution in [-0.2, 0) is 19.6 Å². The van der Waals surface area contributed by atoms with Crippen LogP contribution in [0.25, 0.3) is 0 Å². The number of esters is 1. The molecular formula is C18H25NO4S. The Labute approximate surface area is 144 Å². The summed E-state index contributed by atoms with van der Waals surface area (Å²) < 4.78 is 31.6. The van der Waals surface area contributed by atoms with Gasteiger partial charge in [0.1, 0.15) is 6.54 Å². The zero-order chi connectivity index (χ0) is 17.6. The van der Waals surface area contributed by atoms with E-state index in [4.69, 9.17) is 0 Å². The molecular weight excluding hydrogens is 326 g/mol. The van der Waals surface area contributed by atoms with Gasteiger partial charge in [0.15, 0.2) is 0 Å². The van der Waals surface area contributed by atoms with E-state index in [0.29, 0.717) is 0 Å². The fraction of sp³-hybridized carbons (Fsp3) is 0.500. The summed E-state index contributed by atoms with van der Waals surface area (Å²) in [5.74, 6) is -0.562. The molecule has 6 heteroatoms. The van der Waals surface area contributed by atoms with Gasteiger partial charge in [-0.05, 0) is 44.7 Å². The van der Waals surface area contributed by atoms with Gasteiger partial charge in [0.05, 0.1) is 12.0 Å². The Morgan fingerprint density at radius 3 is 2.38 bits per heavy atom. The predicted molar refractivity (Wildman–Crippen MR) is 93.1 cm³/mol. The van der Waals surface area contributed by atoms with E-state index in [2.05, 4.69) is 4.74 Å². The van der Waals surface area contributed by atoms with Crippen LogP contribution < -0.4 is 0 Å². The molecule has 1 aromatic carbocycles. The molecule has 1 saturated carbocycles. The molecule has 1 fully saturated rings. The zero-order valence-corrected chi connectivity index (χ0v) is 15.1. The molecule has 0 atom stereocenters. The second-order valence-corrected chi connectivity index (χ2v) is 8.05. The van der Waals surface area contributed by atoms with Gasteiger partial charge in [-0.1, -0.05) is 35.8 Å². The van der Waals surface area contributed by atoms with Crippen LogP contribution in [0.2, 0.25) is 0 Å². The van der Waals surface area contributed by atoms with E-state index in [0.717, 1.165) is 31.2 Å². The van der Waals surface area contributed by atoms with Crippen molar-refractivity contribution in [3.8, 4) is 0 Å². The molecule has 0 aromatic heterocycles. The van der Waals surface area contributed by atoms with Gasteiger partial charge in [0.2, 0.25) is 10.0 Å². The number of carbonyl (C=O) groups excluding carboxylic acids is 1. The van der Waals surface area contributed by atoms with Crippen LogP contribution in [0.5, 0.6) is 0 Å². The molecule has 132 valence electrons. The van der Waals surface area contributed by atoms with Crippen LogP contribution >= 0.6 is 0 Å². The number of nitrogens with zero attached hydrogens (tertiary/aromatic N) is 1. The van der Waals surface area contributed by atoms with Crippen LogP contribution in [0.3, 0.4) is 0 Å². The molecule has 0 aliphatic heterocycles. The monoisotopic (exact) mass is 351 g/mol. The molecule has 0 unspecified atom stereocenters. The molecule has 0 spiro atoms. The number of sulfonamides is 1. The highest BCUT2D eigenvalue weighted by Crippen LogP contribution is 2.23. The van der Waals surface area contributed by atoms with Gasteiger partial charge in [0, 0.05) is 6.54 Å². The summed E-state index contributed by atoms with van der Waals surface area (Å²) >= 11 is 0. The number of aryl methyl sites for hydroxylation is 1. The number of allylic oxidation sites excluding steroid dienone is 1. The van der Waals surface area contributed by atoms with Crippen LogP contribution in [-0.4, -0.2) is 38.9 Å². The largest absolute Gasteiger partial charge is 0.468 e. The fourth-order valence-corrected chi connectivity index (χ4v) is 4.08. The normalized spacial score (nSPS) is 15.4. The molecule has 24 heavy (non-hydrogen) atoms. The van der Waals surface area contributed by atoms with Gasteiger partial charge in [-0.3, -0.25) is 4.79 Å². The average Bonchev–Trinajstić information content (AvgIpc) is 2.59. The summed E-state index contributed by atoms with van der Waals surface area (Å²) in [6, 6.07) is 6.65. The number of rotatable bonds is 6. The maximum absolute atomic E-state index is 12.9. The topological polar surface area (TPSA) is 63.7 Å². The summed E-state index contributed by atoms with van der Waals surface area (Å²) in [5, 5.41) is 0. The Bertz CT molecular complexity index is 684. The van der Waals surface area contributed by atoms with E-state index in [1.54, 1.807) is 24.3 Å². The summed E-state index contributed by atoms with van der Waals surface area (Å²) in [7, 11) is -2.47. The Hall–Kier alpha value is -1.66. The van der Waals surface area contributed by atoms with Crippen molar-refractivity contribution in [1.29, 1.82) is 0 Å². The number of carbonyl (C=O) groups is 1. The van der Waals surface area contributed by atoms with Gasteiger partial charge >= 0.3 is 5.97 Å². The van der Waals surface area contributed by atoms with Gasteiger partial charge in [0.25, 0.3) is 0 Å². The summed E-state index contributed by atoms with van der Waals surface area (Å²) in [4.78, 5) is 11.8. The van der Waals surface area contributed by atoms with Gasteiger partial charge in [-0.2, -0.15) is 4.31 Å². The fourth-order valence-electron chi connectivity index (χ4n) is 2.76. The lowest BCUT2D eigenvalue weighted by molar-refractivity contribution is -0.140. The van der Waals surface area contributed by atoms with E-state index in [1.807, 2.05) is 13.0 Å². The first-order chi connectivity index (χ1) is 11.4. The minimum Gasteiger partial charge on any atom is -0.468 e. The first-order valence-corrected chi connectivity index (χ1v) is 9.69. The highest BCUT2D eigenvalue weighted by atomic mass is 32.2. The summed E-state index contributed by atoms with van der Waals surface area (Å²) in [6.07, 6.45) is 7.49. The summed E-state index contributed by atoms with van der Waals surface area (Å²) in [5.41, 5.74) is 2.26. The molecule has 1 aromatic rings. The second-order valence-electron chi connectivity index (χ2n) is 6.11. The van der Waals surface area contributed by atoms with Crippen molar-refractivity contribution in [2.24, 2.45) is 0 Å². The van der Waals surface area contributed by atoms with E-state index in [1.165, 1.54) is 23.4 Å². The third-order valence-corrected chi connectivity index (χ3v) is 6.10. The number of hydrogen-bond acceptors (Lipinski definition) is 4. The van der Waals surface area contributed by atoms with Crippen molar-refractivity contribution in [3.05, 3.63) is 41.5 Å². The third kappa shape index (κ3) is 4.92. The van der Waals surface area contributed by atoms with E-state index < -0.39 is 16.0 Å². The molecule has 0 amide bonds.